The molecule has 0 spiro atoms. The molecule has 0 aliphatic heterocycles. The van der Waals surface area contributed by atoms with Crippen molar-refractivity contribution in [1.82, 2.24) is 5.32 Å². The van der Waals surface area contributed by atoms with E-state index in [4.69, 9.17) is 0 Å². The van der Waals surface area contributed by atoms with Gasteiger partial charge in [0.25, 0.3) is 0 Å². The molecular weight excluding hydrogens is 254 g/mol. The van der Waals surface area contributed by atoms with Gasteiger partial charge in [-0.1, -0.05) is 55.5 Å². The average Bonchev–Trinajstić information content (AvgIpc) is 2.50. The zero-order chi connectivity index (χ0) is 15.1. The lowest BCUT2D eigenvalue weighted by Crippen LogP contribution is -2.22. The van der Waals surface area contributed by atoms with Gasteiger partial charge in [-0.3, -0.25) is 0 Å². The second kappa shape index (κ2) is 7.99. The highest BCUT2D eigenvalue weighted by atomic mass is 14.9. The Morgan fingerprint density at radius 1 is 0.905 bits per heavy atom. The van der Waals surface area contributed by atoms with E-state index in [0.29, 0.717) is 6.04 Å². The predicted octanol–water partition coefficient (Wildman–Crippen LogP) is 4.98. The van der Waals surface area contributed by atoms with Crippen molar-refractivity contribution in [2.24, 2.45) is 0 Å². The van der Waals surface area contributed by atoms with E-state index in [1.807, 2.05) is 0 Å². The van der Waals surface area contributed by atoms with E-state index in [2.05, 4.69) is 74.6 Å². The molecular formula is C20H27N. The first kappa shape index (κ1) is 15.8. The molecule has 2 aromatic rings. The highest BCUT2D eigenvalue weighted by Crippen LogP contribution is 2.22. The molecule has 1 atom stereocenters. The van der Waals surface area contributed by atoms with Crippen molar-refractivity contribution in [2.45, 2.75) is 46.1 Å². The molecule has 0 amide bonds. The van der Waals surface area contributed by atoms with Gasteiger partial charge in [0.15, 0.2) is 0 Å². The third-order valence-corrected chi connectivity index (χ3v) is 4.17. The van der Waals surface area contributed by atoms with E-state index in [-0.39, 0.29) is 0 Å². The highest BCUT2D eigenvalue weighted by Gasteiger charge is 2.12. The number of nitrogens with one attached hydrogen (secondary N) is 1. The van der Waals surface area contributed by atoms with Crippen LogP contribution in [0.15, 0.2) is 48.5 Å². The first-order chi connectivity index (χ1) is 10.2. The quantitative estimate of drug-likeness (QED) is 0.755. The van der Waals surface area contributed by atoms with E-state index in [1.54, 1.807) is 0 Å². The molecule has 0 heterocycles. The Morgan fingerprint density at radius 2 is 1.57 bits per heavy atom. The second-order valence-corrected chi connectivity index (χ2v) is 5.83. The summed E-state index contributed by atoms with van der Waals surface area (Å²) in [7, 11) is 0. The van der Waals surface area contributed by atoms with E-state index in [9.17, 15) is 0 Å². The summed E-state index contributed by atoms with van der Waals surface area (Å²) in [6.45, 7) is 7.74. The van der Waals surface area contributed by atoms with Crippen LogP contribution in [0.1, 0.15) is 48.1 Å². The Kier molecular flexibility index (Phi) is 6.01. The van der Waals surface area contributed by atoms with Gasteiger partial charge in [-0.05, 0) is 61.9 Å². The number of rotatable bonds is 7. The van der Waals surface area contributed by atoms with Crippen LogP contribution in [0.25, 0.3) is 0 Å². The number of benzene rings is 2. The maximum absolute atomic E-state index is 3.69. The van der Waals surface area contributed by atoms with E-state index < -0.39 is 0 Å². The number of aryl methyl sites for hydroxylation is 2. The summed E-state index contributed by atoms with van der Waals surface area (Å²) in [6.07, 6.45) is 3.46. The lowest BCUT2D eigenvalue weighted by Gasteiger charge is -2.20. The summed E-state index contributed by atoms with van der Waals surface area (Å²) in [5.41, 5.74) is 5.74. The van der Waals surface area contributed by atoms with Crippen molar-refractivity contribution in [3.8, 4) is 0 Å². The number of hydrogen-bond acceptors (Lipinski definition) is 1. The molecule has 0 aliphatic rings. The molecule has 1 nitrogen and oxygen atoms in total. The van der Waals surface area contributed by atoms with Crippen LogP contribution < -0.4 is 5.32 Å². The Bertz CT molecular complexity index is 525. The van der Waals surface area contributed by atoms with Crippen molar-refractivity contribution >= 4 is 0 Å². The van der Waals surface area contributed by atoms with Crippen molar-refractivity contribution in [3.05, 3.63) is 70.8 Å². The molecule has 0 radical (unpaired) electrons. The van der Waals surface area contributed by atoms with Crippen molar-refractivity contribution in [1.29, 1.82) is 0 Å². The Morgan fingerprint density at radius 3 is 2.19 bits per heavy atom. The molecule has 1 N–H and O–H groups in total. The smallest absolute Gasteiger partial charge is 0.0323 e. The van der Waals surface area contributed by atoms with Gasteiger partial charge in [0.2, 0.25) is 0 Å². The first-order valence-electron chi connectivity index (χ1n) is 8.05. The minimum atomic E-state index is 0.449. The van der Waals surface area contributed by atoms with Gasteiger partial charge < -0.3 is 5.32 Å². The zero-order valence-electron chi connectivity index (χ0n) is 13.5. The fourth-order valence-electron chi connectivity index (χ4n) is 2.92. The van der Waals surface area contributed by atoms with Crippen LogP contribution in [0.3, 0.4) is 0 Å². The predicted molar refractivity (Wildman–Crippen MR) is 91.7 cm³/mol. The SMILES string of the molecule is CCCNC(CCc1c(C)cccc1C)c1ccccc1. The minimum absolute atomic E-state index is 0.449. The lowest BCUT2D eigenvalue weighted by molar-refractivity contribution is 0.498. The maximum Gasteiger partial charge on any atom is 0.0323 e. The number of hydrogen-bond donors (Lipinski definition) is 1. The Hall–Kier alpha value is -1.60. The average molecular weight is 281 g/mol. The van der Waals surface area contributed by atoms with Crippen LogP contribution in [0.2, 0.25) is 0 Å². The maximum atomic E-state index is 3.69. The molecule has 0 saturated carbocycles. The second-order valence-electron chi connectivity index (χ2n) is 5.83. The summed E-state index contributed by atoms with van der Waals surface area (Å²) in [5.74, 6) is 0. The molecule has 0 aliphatic carbocycles. The molecule has 0 saturated heterocycles. The van der Waals surface area contributed by atoms with Gasteiger partial charge in [0.05, 0.1) is 0 Å². The van der Waals surface area contributed by atoms with Gasteiger partial charge >= 0.3 is 0 Å². The van der Waals surface area contributed by atoms with Gasteiger partial charge in [0.1, 0.15) is 0 Å². The highest BCUT2D eigenvalue weighted by molar-refractivity contribution is 5.34. The minimum Gasteiger partial charge on any atom is -0.310 e. The van der Waals surface area contributed by atoms with Crippen LogP contribution >= 0.6 is 0 Å². The molecule has 2 rings (SSSR count). The largest absolute Gasteiger partial charge is 0.310 e. The molecule has 112 valence electrons. The van der Waals surface area contributed by atoms with Crippen molar-refractivity contribution < 1.29 is 0 Å². The Labute approximate surface area is 129 Å². The third kappa shape index (κ3) is 4.44. The van der Waals surface area contributed by atoms with Gasteiger partial charge in [-0.2, -0.15) is 0 Å². The molecule has 0 bridgehead atoms. The molecule has 0 fully saturated rings. The van der Waals surface area contributed by atoms with Crippen molar-refractivity contribution in [2.75, 3.05) is 6.54 Å². The van der Waals surface area contributed by atoms with Crippen LogP contribution in [-0.4, -0.2) is 6.54 Å². The standard InChI is InChI=1S/C20H27N/c1-4-15-21-20(18-11-6-5-7-12-18)14-13-19-16(2)9-8-10-17(19)3/h5-12,20-21H,4,13-15H2,1-3H3. The lowest BCUT2D eigenvalue weighted by atomic mass is 9.94. The zero-order valence-corrected chi connectivity index (χ0v) is 13.5. The van der Waals surface area contributed by atoms with Crippen LogP contribution in [0, 0.1) is 13.8 Å². The molecule has 0 aromatic heterocycles. The van der Waals surface area contributed by atoms with Gasteiger partial charge in [-0.15, -0.1) is 0 Å². The molecule has 1 unspecified atom stereocenters. The molecule has 1 heteroatoms. The first-order valence-corrected chi connectivity index (χ1v) is 8.05. The fourth-order valence-corrected chi connectivity index (χ4v) is 2.92. The fraction of sp³-hybridized carbons (Fsp3) is 0.400. The summed E-state index contributed by atoms with van der Waals surface area (Å²) in [4.78, 5) is 0. The topological polar surface area (TPSA) is 12.0 Å². The van der Waals surface area contributed by atoms with Crippen molar-refractivity contribution in [3.63, 3.8) is 0 Å². The van der Waals surface area contributed by atoms with E-state index in [1.165, 1.54) is 28.7 Å². The Balaban J connectivity index is 2.09. The molecule has 2 aromatic carbocycles. The monoisotopic (exact) mass is 281 g/mol. The summed E-state index contributed by atoms with van der Waals surface area (Å²) < 4.78 is 0. The summed E-state index contributed by atoms with van der Waals surface area (Å²) in [5, 5.41) is 3.69. The van der Waals surface area contributed by atoms with Gasteiger partial charge in [0, 0.05) is 6.04 Å². The normalized spacial score (nSPS) is 12.3. The van der Waals surface area contributed by atoms with Gasteiger partial charge in [-0.25, -0.2) is 0 Å². The van der Waals surface area contributed by atoms with E-state index in [0.717, 1.165) is 19.4 Å². The van der Waals surface area contributed by atoms with Crippen LogP contribution in [0.4, 0.5) is 0 Å². The summed E-state index contributed by atoms with van der Waals surface area (Å²) >= 11 is 0. The van der Waals surface area contributed by atoms with Crippen LogP contribution in [0.5, 0.6) is 0 Å². The van der Waals surface area contributed by atoms with Crippen LogP contribution in [-0.2, 0) is 6.42 Å². The molecule has 21 heavy (non-hydrogen) atoms. The summed E-state index contributed by atoms with van der Waals surface area (Å²) in [6, 6.07) is 17.9. The third-order valence-electron chi connectivity index (χ3n) is 4.17. The van der Waals surface area contributed by atoms with E-state index >= 15 is 0 Å².